The number of aliphatic hydroxyl groups is 1. The molecule has 0 fully saturated rings. The molecule has 0 saturated heterocycles. The maximum Gasteiger partial charge on any atom is 0.261 e. The third-order valence-electron chi connectivity index (χ3n) is 3.82. The van der Waals surface area contributed by atoms with Gasteiger partial charge in [-0.25, -0.2) is 4.98 Å². The molecule has 24 heavy (non-hydrogen) atoms. The lowest BCUT2D eigenvalue weighted by molar-refractivity contribution is 0.0914. The molecule has 3 aromatic rings. The summed E-state index contributed by atoms with van der Waals surface area (Å²) < 4.78 is 7.00. The number of nitrogens with zero attached hydrogens (tertiary/aromatic N) is 2. The Labute approximate surface area is 140 Å². The van der Waals surface area contributed by atoms with E-state index in [0.717, 1.165) is 11.1 Å². The van der Waals surface area contributed by atoms with Crippen LogP contribution in [0.3, 0.4) is 0 Å². The van der Waals surface area contributed by atoms with Crippen molar-refractivity contribution in [1.29, 1.82) is 0 Å². The van der Waals surface area contributed by atoms with Crippen molar-refractivity contribution in [2.24, 2.45) is 0 Å². The first-order chi connectivity index (χ1) is 11.5. The molecule has 0 aliphatic heterocycles. The number of fused-ring (bicyclic) bond motifs is 1. The van der Waals surface area contributed by atoms with Crippen molar-refractivity contribution in [2.45, 2.75) is 26.5 Å². The van der Waals surface area contributed by atoms with Gasteiger partial charge < -0.3 is 9.84 Å². The van der Waals surface area contributed by atoms with Gasteiger partial charge in [0, 0.05) is 0 Å². The summed E-state index contributed by atoms with van der Waals surface area (Å²) in [4.78, 5) is 16.8. The molecule has 1 N–H and O–H groups in total. The first-order valence-corrected chi connectivity index (χ1v) is 7.86. The van der Waals surface area contributed by atoms with Crippen molar-refractivity contribution in [1.82, 2.24) is 9.55 Å². The standard InChI is InChI=1S/C19H20N2O3/c1-13-4-3-5-16(8-13)24-11-15(22)10-21-12-20-18-7-6-14(2)9-17(18)19(21)23/h3-9,12,15,22H,10-11H2,1-2H3. The number of hydrogen-bond acceptors (Lipinski definition) is 4. The van der Waals surface area contributed by atoms with E-state index in [1.165, 1.54) is 10.9 Å². The zero-order chi connectivity index (χ0) is 17.1. The number of hydrogen-bond donors (Lipinski definition) is 1. The Kier molecular flexibility index (Phi) is 4.62. The van der Waals surface area contributed by atoms with Crippen LogP contribution in [-0.2, 0) is 6.54 Å². The quantitative estimate of drug-likeness (QED) is 0.783. The topological polar surface area (TPSA) is 64.3 Å². The summed E-state index contributed by atoms with van der Waals surface area (Å²) in [5.74, 6) is 0.702. The highest BCUT2D eigenvalue weighted by atomic mass is 16.5. The molecule has 1 aromatic heterocycles. The molecule has 5 heteroatoms. The lowest BCUT2D eigenvalue weighted by atomic mass is 10.2. The van der Waals surface area contributed by atoms with Crippen LogP contribution in [0.1, 0.15) is 11.1 Å². The van der Waals surface area contributed by atoms with Crippen LogP contribution >= 0.6 is 0 Å². The van der Waals surface area contributed by atoms with Crippen molar-refractivity contribution >= 4 is 10.9 Å². The summed E-state index contributed by atoms with van der Waals surface area (Å²) in [6.07, 6.45) is 0.669. The van der Waals surface area contributed by atoms with Crippen molar-refractivity contribution in [3.05, 3.63) is 70.3 Å². The fourth-order valence-electron chi connectivity index (χ4n) is 2.58. The van der Waals surface area contributed by atoms with Gasteiger partial charge in [0.05, 0.1) is 23.8 Å². The Balaban J connectivity index is 1.72. The molecule has 1 atom stereocenters. The summed E-state index contributed by atoms with van der Waals surface area (Å²) >= 11 is 0. The maximum absolute atomic E-state index is 12.5. The number of benzene rings is 2. The van der Waals surface area contributed by atoms with Gasteiger partial charge in [-0.1, -0.05) is 23.8 Å². The molecule has 0 amide bonds. The molecule has 0 saturated carbocycles. The van der Waals surface area contributed by atoms with Crippen molar-refractivity contribution in [3.8, 4) is 5.75 Å². The van der Waals surface area contributed by atoms with Crippen LogP contribution in [0.15, 0.2) is 53.6 Å². The summed E-state index contributed by atoms with van der Waals surface area (Å²) in [5, 5.41) is 10.7. The fourth-order valence-corrected chi connectivity index (χ4v) is 2.58. The first-order valence-electron chi connectivity index (χ1n) is 7.86. The molecular formula is C19H20N2O3. The summed E-state index contributed by atoms with van der Waals surface area (Å²) in [7, 11) is 0. The van der Waals surface area contributed by atoms with E-state index in [2.05, 4.69) is 4.98 Å². The molecule has 0 aliphatic rings. The van der Waals surface area contributed by atoms with E-state index in [1.807, 2.05) is 56.3 Å². The predicted octanol–water partition coefficient (Wildman–Crippen LogP) is 2.45. The number of aliphatic hydroxyl groups excluding tert-OH is 1. The largest absolute Gasteiger partial charge is 0.491 e. The Bertz CT molecular complexity index is 918. The number of aromatic nitrogens is 2. The average Bonchev–Trinajstić information content (AvgIpc) is 2.56. The van der Waals surface area contributed by atoms with Gasteiger partial charge in [-0.3, -0.25) is 9.36 Å². The molecule has 0 bridgehead atoms. The number of aryl methyl sites for hydroxylation is 2. The number of rotatable bonds is 5. The van der Waals surface area contributed by atoms with Gasteiger partial charge in [0.15, 0.2) is 0 Å². The highest BCUT2D eigenvalue weighted by Gasteiger charge is 2.10. The van der Waals surface area contributed by atoms with Gasteiger partial charge in [-0.2, -0.15) is 0 Å². The Morgan fingerprint density at radius 3 is 2.75 bits per heavy atom. The molecule has 3 rings (SSSR count). The minimum absolute atomic E-state index is 0.113. The molecule has 0 aliphatic carbocycles. The van der Waals surface area contributed by atoms with E-state index in [9.17, 15) is 9.90 Å². The van der Waals surface area contributed by atoms with Crippen LogP contribution < -0.4 is 10.3 Å². The molecule has 124 valence electrons. The summed E-state index contributed by atoms with van der Waals surface area (Å²) in [6.45, 7) is 4.16. The second kappa shape index (κ2) is 6.84. The molecule has 2 aromatic carbocycles. The van der Waals surface area contributed by atoms with E-state index in [-0.39, 0.29) is 18.7 Å². The highest BCUT2D eigenvalue weighted by Crippen LogP contribution is 2.13. The zero-order valence-corrected chi connectivity index (χ0v) is 13.8. The molecule has 5 nitrogen and oxygen atoms in total. The van der Waals surface area contributed by atoms with Crippen LogP contribution in [-0.4, -0.2) is 27.4 Å². The average molecular weight is 324 g/mol. The lowest BCUT2D eigenvalue weighted by Crippen LogP contribution is -2.30. The van der Waals surface area contributed by atoms with Crippen LogP contribution in [0, 0.1) is 13.8 Å². The zero-order valence-electron chi connectivity index (χ0n) is 13.8. The summed E-state index contributed by atoms with van der Waals surface area (Å²) in [6, 6.07) is 13.2. The van der Waals surface area contributed by atoms with Gasteiger partial charge in [-0.15, -0.1) is 0 Å². The van der Waals surface area contributed by atoms with Crippen LogP contribution in [0.2, 0.25) is 0 Å². The molecule has 1 unspecified atom stereocenters. The van der Waals surface area contributed by atoms with E-state index in [4.69, 9.17) is 4.74 Å². The lowest BCUT2D eigenvalue weighted by Gasteiger charge is -2.14. The van der Waals surface area contributed by atoms with Crippen LogP contribution in [0.4, 0.5) is 0 Å². The van der Waals surface area contributed by atoms with Gasteiger partial charge >= 0.3 is 0 Å². The maximum atomic E-state index is 12.5. The van der Waals surface area contributed by atoms with E-state index in [0.29, 0.717) is 16.7 Å². The Morgan fingerprint density at radius 1 is 1.17 bits per heavy atom. The first kappa shape index (κ1) is 16.2. The van der Waals surface area contributed by atoms with Gasteiger partial charge in [0.25, 0.3) is 5.56 Å². The van der Waals surface area contributed by atoms with Gasteiger partial charge in [-0.05, 0) is 43.7 Å². The molecular weight excluding hydrogens is 304 g/mol. The highest BCUT2D eigenvalue weighted by molar-refractivity contribution is 5.77. The normalized spacial score (nSPS) is 12.3. The smallest absolute Gasteiger partial charge is 0.261 e. The Hall–Kier alpha value is -2.66. The van der Waals surface area contributed by atoms with E-state index < -0.39 is 6.10 Å². The van der Waals surface area contributed by atoms with E-state index >= 15 is 0 Å². The fraction of sp³-hybridized carbons (Fsp3) is 0.263. The monoisotopic (exact) mass is 324 g/mol. The van der Waals surface area contributed by atoms with Gasteiger partial charge in [0.2, 0.25) is 0 Å². The second-order valence-electron chi connectivity index (χ2n) is 6.00. The molecule has 1 heterocycles. The third-order valence-corrected chi connectivity index (χ3v) is 3.82. The molecule has 0 radical (unpaired) electrons. The van der Waals surface area contributed by atoms with Crippen molar-refractivity contribution < 1.29 is 9.84 Å². The Morgan fingerprint density at radius 2 is 1.96 bits per heavy atom. The third kappa shape index (κ3) is 3.63. The van der Waals surface area contributed by atoms with Crippen molar-refractivity contribution in [2.75, 3.05) is 6.61 Å². The minimum Gasteiger partial charge on any atom is -0.491 e. The summed E-state index contributed by atoms with van der Waals surface area (Å²) in [5.41, 5.74) is 2.60. The second-order valence-corrected chi connectivity index (χ2v) is 6.00. The van der Waals surface area contributed by atoms with Crippen LogP contribution in [0.25, 0.3) is 10.9 Å². The minimum atomic E-state index is -0.799. The van der Waals surface area contributed by atoms with E-state index in [1.54, 1.807) is 0 Å². The number of ether oxygens (including phenoxy) is 1. The van der Waals surface area contributed by atoms with Crippen molar-refractivity contribution in [3.63, 3.8) is 0 Å². The SMILES string of the molecule is Cc1cccc(OCC(O)Cn2cnc3ccc(C)cc3c2=O)c1. The van der Waals surface area contributed by atoms with Gasteiger partial charge in [0.1, 0.15) is 18.5 Å². The predicted molar refractivity (Wildman–Crippen MR) is 93.4 cm³/mol. The van der Waals surface area contributed by atoms with Crippen LogP contribution in [0.5, 0.6) is 5.75 Å². The molecule has 0 spiro atoms.